The summed E-state index contributed by atoms with van der Waals surface area (Å²) in [6.07, 6.45) is 2.06. The molecule has 1 heterocycles. The highest BCUT2D eigenvalue weighted by molar-refractivity contribution is 5.95. The van der Waals surface area contributed by atoms with Gasteiger partial charge in [-0.1, -0.05) is 19.1 Å². The highest BCUT2D eigenvalue weighted by Crippen LogP contribution is 2.21. The van der Waals surface area contributed by atoms with Crippen molar-refractivity contribution < 1.29 is 14.6 Å². The summed E-state index contributed by atoms with van der Waals surface area (Å²) in [7, 11) is 1.62. The Hall–Kier alpha value is -1.81. The molecule has 0 aliphatic carbocycles. The van der Waals surface area contributed by atoms with Crippen LogP contribution in [0.5, 0.6) is 5.75 Å². The maximum absolute atomic E-state index is 12.3. The molecule has 0 bridgehead atoms. The number of rotatable bonds is 3. The number of carbonyl (C=O) groups is 1. The predicted octanol–water partition coefficient (Wildman–Crippen LogP) is 2.33. The number of hydrogen-bond acceptors (Lipinski definition) is 3. The largest absolute Gasteiger partial charge is 0.497 e. The van der Waals surface area contributed by atoms with E-state index in [9.17, 15) is 9.90 Å². The third-order valence-corrected chi connectivity index (χ3v) is 4.10. The summed E-state index contributed by atoms with van der Waals surface area (Å²) in [4.78, 5) is 14.0. The third kappa shape index (κ3) is 3.85. The molecule has 114 valence electrons. The molecule has 1 aliphatic heterocycles. The molecule has 1 aliphatic rings. The van der Waals surface area contributed by atoms with E-state index in [1.165, 1.54) is 0 Å². The molecule has 0 aromatic heterocycles. The molecule has 2 unspecified atom stereocenters. The highest BCUT2D eigenvalue weighted by Gasteiger charge is 2.26. The van der Waals surface area contributed by atoms with Crippen molar-refractivity contribution in [3.8, 4) is 5.75 Å². The molecule has 4 heteroatoms. The molecule has 1 aromatic rings. The maximum Gasteiger partial charge on any atom is 0.246 e. The van der Waals surface area contributed by atoms with Gasteiger partial charge in [0.2, 0.25) is 5.91 Å². The molecule has 1 N–H and O–H groups in total. The Morgan fingerprint density at radius 2 is 2.24 bits per heavy atom. The van der Waals surface area contributed by atoms with Crippen LogP contribution in [0.25, 0.3) is 5.57 Å². The van der Waals surface area contributed by atoms with Gasteiger partial charge in [0.25, 0.3) is 0 Å². The lowest BCUT2D eigenvalue weighted by atomic mass is 9.96. The van der Waals surface area contributed by atoms with Crippen molar-refractivity contribution in [1.82, 2.24) is 4.90 Å². The summed E-state index contributed by atoms with van der Waals surface area (Å²) in [5, 5.41) is 9.89. The van der Waals surface area contributed by atoms with Gasteiger partial charge in [0, 0.05) is 19.2 Å². The van der Waals surface area contributed by atoms with Gasteiger partial charge in [-0.15, -0.1) is 0 Å². The van der Waals surface area contributed by atoms with Gasteiger partial charge in [-0.05, 0) is 42.5 Å². The Bertz CT molecular complexity index is 539. The second kappa shape index (κ2) is 6.76. The van der Waals surface area contributed by atoms with E-state index in [2.05, 4.69) is 0 Å². The Kier molecular flexibility index (Phi) is 5.02. The van der Waals surface area contributed by atoms with Crippen LogP contribution in [0.1, 0.15) is 25.8 Å². The van der Waals surface area contributed by atoms with Crippen LogP contribution in [0.2, 0.25) is 0 Å². The van der Waals surface area contributed by atoms with E-state index >= 15 is 0 Å². The average molecular weight is 289 g/mol. The minimum Gasteiger partial charge on any atom is -0.497 e. The molecular weight excluding hydrogens is 266 g/mol. The number of likely N-dealkylation sites (tertiary alicyclic amines) is 1. The van der Waals surface area contributed by atoms with Crippen molar-refractivity contribution in [2.75, 3.05) is 20.2 Å². The fourth-order valence-corrected chi connectivity index (χ4v) is 2.48. The minimum absolute atomic E-state index is 0.0405. The topological polar surface area (TPSA) is 49.8 Å². The monoisotopic (exact) mass is 289 g/mol. The van der Waals surface area contributed by atoms with E-state index in [0.717, 1.165) is 23.3 Å². The summed E-state index contributed by atoms with van der Waals surface area (Å²) in [6.45, 7) is 5.06. The first-order chi connectivity index (χ1) is 10.0. The van der Waals surface area contributed by atoms with Crippen LogP contribution in [-0.4, -0.2) is 42.2 Å². The van der Waals surface area contributed by atoms with Crippen molar-refractivity contribution in [2.45, 2.75) is 26.4 Å². The number of allylic oxidation sites excluding steroid dienone is 1. The number of methoxy groups -OCH3 is 1. The number of aliphatic hydroxyl groups is 1. The van der Waals surface area contributed by atoms with Crippen LogP contribution < -0.4 is 4.74 Å². The molecule has 1 saturated heterocycles. The number of benzene rings is 1. The van der Waals surface area contributed by atoms with Gasteiger partial charge >= 0.3 is 0 Å². The Morgan fingerprint density at radius 3 is 2.90 bits per heavy atom. The fourth-order valence-electron chi connectivity index (χ4n) is 2.48. The predicted molar refractivity (Wildman–Crippen MR) is 83.0 cm³/mol. The van der Waals surface area contributed by atoms with Gasteiger partial charge < -0.3 is 14.7 Å². The lowest BCUT2D eigenvalue weighted by Gasteiger charge is -2.33. The zero-order valence-electron chi connectivity index (χ0n) is 12.9. The van der Waals surface area contributed by atoms with Crippen molar-refractivity contribution in [2.24, 2.45) is 5.92 Å². The summed E-state index contributed by atoms with van der Waals surface area (Å²) < 4.78 is 5.20. The van der Waals surface area contributed by atoms with Crippen LogP contribution in [0.3, 0.4) is 0 Å². The van der Waals surface area contributed by atoms with Gasteiger partial charge in [-0.2, -0.15) is 0 Å². The number of ether oxygens (including phenoxy) is 1. The van der Waals surface area contributed by atoms with Crippen LogP contribution in [0.15, 0.2) is 30.3 Å². The molecule has 1 aromatic carbocycles. The highest BCUT2D eigenvalue weighted by atomic mass is 16.5. The zero-order chi connectivity index (χ0) is 15.4. The van der Waals surface area contributed by atoms with Crippen LogP contribution in [0, 0.1) is 5.92 Å². The number of hydrogen-bond donors (Lipinski definition) is 1. The second-order valence-electron chi connectivity index (χ2n) is 5.68. The quantitative estimate of drug-likeness (QED) is 0.869. The first-order valence-electron chi connectivity index (χ1n) is 7.31. The first-order valence-corrected chi connectivity index (χ1v) is 7.31. The molecule has 0 saturated carbocycles. The number of amides is 1. The second-order valence-corrected chi connectivity index (χ2v) is 5.68. The summed E-state index contributed by atoms with van der Waals surface area (Å²) in [6, 6.07) is 7.64. The van der Waals surface area contributed by atoms with Gasteiger partial charge in [-0.3, -0.25) is 4.79 Å². The lowest BCUT2D eigenvalue weighted by molar-refractivity contribution is -0.130. The SMILES string of the molecule is COc1cccc(/C(C)=C/C(=O)N2CCC(C)C(O)C2)c1. The normalized spacial score (nSPS) is 23.0. The van der Waals surface area contributed by atoms with Crippen molar-refractivity contribution in [3.05, 3.63) is 35.9 Å². The van der Waals surface area contributed by atoms with E-state index in [1.807, 2.05) is 38.1 Å². The van der Waals surface area contributed by atoms with E-state index < -0.39 is 6.10 Å². The van der Waals surface area contributed by atoms with E-state index in [-0.39, 0.29) is 11.8 Å². The van der Waals surface area contributed by atoms with Crippen LogP contribution in [-0.2, 0) is 4.79 Å². The van der Waals surface area contributed by atoms with Crippen molar-refractivity contribution >= 4 is 11.5 Å². The molecule has 2 rings (SSSR count). The maximum atomic E-state index is 12.3. The fraction of sp³-hybridized carbons (Fsp3) is 0.471. The third-order valence-electron chi connectivity index (χ3n) is 4.10. The molecule has 21 heavy (non-hydrogen) atoms. The molecule has 2 atom stereocenters. The zero-order valence-corrected chi connectivity index (χ0v) is 12.9. The Labute approximate surface area is 126 Å². The molecule has 1 fully saturated rings. The number of piperidine rings is 1. The van der Waals surface area contributed by atoms with Crippen LogP contribution >= 0.6 is 0 Å². The molecular formula is C17H23NO3. The smallest absolute Gasteiger partial charge is 0.246 e. The first kappa shape index (κ1) is 15.6. The number of carbonyl (C=O) groups excluding carboxylic acids is 1. The minimum atomic E-state index is -0.423. The summed E-state index contributed by atoms with van der Waals surface area (Å²) >= 11 is 0. The lowest BCUT2D eigenvalue weighted by Crippen LogP contribution is -2.45. The van der Waals surface area contributed by atoms with Gasteiger partial charge in [0.15, 0.2) is 0 Å². The van der Waals surface area contributed by atoms with Crippen molar-refractivity contribution in [1.29, 1.82) is 0 Å². The van der Waals surface area contributed by atoms with Crippen molar-refractivity contribution in [3.63, 3.8) is 0 Å². The summed E-state index contributed by atoms with van der Waals surface area (Å²) in [5.41, 5.74) is 1.86. The molecule has 1 amide bonds. The standard InChI is InChI=1S/C17H23NO3/c1-12-7-8-18(11-16(12)19)17(20)9-13(2)14-5-4-6-15(10-14)21-3/h4-6,9-10,12,16,19H,7-8,11H2,1-3H3/b13-9+. The Balaban J connectivity index is 2.09. The average Bonchev–Trinajstić information content (AvgIpc) is 2.49. The van der Waals surface area contributed by atoms with E-state index in [4.69, 9.17) is 4.74 Å². The van der Waals surface area contributed by atoms with Gasteiger partial charge in [-0.25, -0.2) is 0 Å². The molecule has 4 nitrogen and oxygen atoms in total. The number of aliphatic hydroxyl groups excluding tert-OH is 1. The molecule has 0 radical (unpaired) electrons. The Morgan fingerprint density at radius 1 is 1.48 bits per heavy atom. The number of nitrogens with zero attached hydrogens (tertiary/aromatic N) is 1. The van der Waals surface area contributed by atoms with Gasteiger partial charge in [0.05, 0.1) is 13.2 Å². The number of β-amino-alcohol motifs (C(OH)–C–C–N with tert-alkyl or cyclic N) is 1. The van der Waals surface area contributed by atoms with E-state index in [1.54, 1.807) is 18.1 Å². The van der Waals surface area contributed by atoms with Gasteiger partial charge in [0.1, 0.15) is 5.75 Å². The molecule has 0 spiro atoms. The van der Waals surface area contributed by atoms with E-state index in [0.29, 0.717) is 13.1 Å². The van der Waals surface area contributed by atoms with Crippen LogP contribution in [0.4, 0.5) is 0 Å². The summed E-state index contributed by atoms with van der Waals surface area (Å²) in [5.74, 6) is 0.994.